The van der Waals surface area contributed by atoms with Crippen LogP contribution in [0, 0.1) is 5.92 Å². The van der Waals surface area contributed by atoms with Gasteiger partial charge in [-0.05, 0) is 50.5 Å². The van der Waals surface area contributed by atoms with Gasteiger partial charge in [-0.3, -0.25) is 4.79 Å². The molecule has 2 N–H and O–H groups in total. The van der Waals surface area contributed by atoms with Crippen molar-refractivity contribution in [1.82, 2.24) is 15.3 Å². The van der Waals surface area contributed by atoms with Crippen molar-refractivity contribution < 1.29 is 23.7 Å². The SMILES string of the molecule is COc1cc(Nc2nccc(N3CCCC(C(=O)NCc4ccc(OC(C)C)cc4)C3)n2)cc(OC)c1OC. The smallest absolute Gasteiger partial charge is 0.229 e. The summed E-state index contributed by atoms with van der Waals surface area (Å²) >= 11 is 0. The highest BCUT2D eigenvalue weighted by Crippen LogP contribution is 2.40. The molecule has 1 aliphatic heterocycles. The minimum atomic E-state index is -0.121. The summed E-state index contributed by atoms with van der Waals surface area (Å²) in [4.78, 5) is 24.2. The van der Waals surface area contributed by atoms with Crippen molar-refractivity contribution in [3.8, 4) is 23.0 Å². The zero-order valence-corrected chi connectivity index (χ0v) is 23.2. The number of hydrogen-bond acceptors (Lipinski definition) is 9. The molecule has 0 radical (unpaired) electrons. The van der Waals surface area contributed by atoms with Gasteiger partial charge in [0.15, 0.2) is 11.5 Å². The third-order valence-electron chi connectivity index (χ3n) is 6.44. The molecule has 208 valence electrons. The first-order valence-corrected chi connectivity index (χ1v) is 13.1. The van der Waals surface area contributed by atoms with E-state index in [1.165, 1.54) is 0 Å². The topological polar surface area (TPSA) is 107 Å². The summed E-state index contributed by atoms with van der Waals surface area (Å²) < 4.78 is 22.0. The van der Waals surface area contributed by atoms with E-state index < -0.39 is 0 Å². The lowest BCUT2D eigenvalue weighted by Crippen LogP contribution is -2.43. The van der Waals surface area contributed by atoms with Crippen molar-refractivity contribution in [2.75, 3.05) is 44.6 Å². The van der Waals surface area contributed by atoms with Crippen LogP contribution in [-0.2, 0) is 11.3 Å². The van der Waals surface area contributed by atoms with Gasteiger partial charge >= 0.3 is 0 Å². The summed E-state index contributed by atoms with van der Waals surface area (Å²) in [7, 11) is 4.70. The van der Waals surface area contributed by atoms with Crippen molar-refractivity contribution in [3.05, 3.63) is 54.2 Å². The molecule has 1 aliphatic rings. The fourth-order valence-electron chi connectivity index (χ4n) is 4.56. The number of nitrogens with one attached hydrogen (secondary N) is 2. The number of rotatable bonds is 11. The molecule has 2 aromatic carbocycles. The lowest BCUT2D eigenvalue weighted by Gasteiger charge is -2.33. The Morgan fingerprint density at radius 1 is 1.05 bits per heavy atom. The van der Waals surface area contributed by atoms with Crippen molar-refractivity contribution >= 4 is 23.4 Å². The summed E-state index contributed by atoms with van der Waals surface area (Å²) in [6, 6.07) is 13.3. The normalized spacial score (nSPS) is 15.0. The van der Waals surface area contributed by atoms with E-state index in [1.54, 1.807) is 39.7 Å². The molecule has 0 spiro atoms. The zero-order chi connectivity index (χ0) is 27.8. The van der Waals surface area contributed by atoms with Gasteiger partial charge in [-0.2, -0.15) is 4.98 Å². The molecule has 0 aliphatic carbocycles. The molecule has 39 heavy (non-hydrogen) atoms. The predicted octanol–water partition coefficient (Wildman–Crippen LogP) is 4.57. The van der Waals surface area contributed by atoms with E-state index in [4.69, 9.17) is 23.9 Å². The van der Waals surface area contributed by atoms with Gasteiger partial charge in [-0.15, -0.1) is 0 Å². The molecule has 1 aromatic heterocycles. The number of methoxy groups -OCH3 is 3. The third kappa shape index (κ3) is 7.22. The Hall–Kier alpha value is -4.21. The maximum atomic E-state index is 13.0. The van der Waals surface area contributed by atoms with Crippen molar-refractivity contribution in [2.45, 2.75) is 39.3 Å². The molecule has 10 heteroatoms. The number of nitrogens with zero attached hydrogens (tertiary/aromatic N) is 3. The molecule has 3 aromatic rings. The summed E-state index contributed by atoms with van der Waals surface area (Å²) in [6.07, 6.45) is 3.57. The van der Waals surface area contributed by atoms with Gasteiger partial charge < -0.3 is 34.5 Å². The molecule has 1 unspecified atom stereocenters. The Kier molecular flexibility index (Phi) is 9.30. The van der Waals surface area contributed by atoms with Gasteiger partial charge in [0.05, 0.1) is 33.4 Å². The van der Waals surface area contributed by atoms with E-state index in [2.05, 4.69) is 20.5 Å². The van der Waals surface area contributed by atoms with E-state index in [1.807, 2.05) is 44.2 Å². The predicted molar refractivity (Wildman–Crippen MR) is 150 cm³/mol. The number of benzene rings is 2. The molecule has 1 saturated heterocycles. The lowest BCUT2D eigenvalue weighted by atomic mass is 9.97. The number of aromatic nitrogens is 2. The highest BCUT2D eigenvalue weighted by molar-refractivity contribution is 5.79. The fraction of sp³-hybridized carbons (Fsp3) is 0.414. The summed E-state index contributed by atoms with van der Waals surface area (Å²) in [6.45, 7) is 5.88. The second-order valence-corrected chi connectivity index (χ2v) is 9.59. The molecular weight excluding hydrogens is 498 g/mol. The maximum absolute atomic E-state index is 13.0. The highest BCUT2D eigenvalue weighted by atomic mass is 16.5. The molecule has 1 atom stereocenters. The highest BCUT2D eigenvalue weighted by Gasteiger charge is 2.26. The van der Waals surface area contributed by atoms with E-state index in [9.17, 15) is 4.79 Å². The maximum Gasteiger partial charge on any atom is 0.229 e. The number of anilines is 3. The number of amides is 1. The Bertz CT molecular complexity index is 1230. The third-order valence-corrected chi connectivity index (χ3v) is 6.44. The van der Waals surface area contributed by atoms with E-state index in [0.29, 0.717) is 42.0 Å². The fourth-order valence-corrected chi connectivity index (χ4v) is 4.56. The van der Waals surface area contributed by atoms with E-state index in [-0.39, 0.29) is 17.9 Å². The minimum Gasteiger partial charge on any atom is -0.493 e. The molecule has 1 fully saturated rings. The summed E-state index contributed by atoms with van der Waals surface area (Å²) in [5, 5.41) is 6.31. The number of ether oxygens (including phenoxy) is 4. The first-order valence-electron chi connectivity index (χ1n) is 13.1. The van der Waals surface area contributed by atoms with Gasteiger partial charge in [0.1, 0.15) is 11.6 Å². The standard InChI is InChI=1S/C29H37N5O5/c1-19(2)39-23-10-8-20(9-11-23)17-31-28(35)21-7-6-14-34(18-21)26-12-13-30-29(33-26)32-22-15-24(36-3)27(38-5)25(16-22)37-4/h8-13,15-16,19,21H,6-7,14,17-18H2,1-5H3,(H,31,35)(H,30,32,33). The monoisotopic (exact) mass is 535 g/mol. The largest absolute Gasteiger partial charge is 0.493 e. The van der Waals surface area contributed by atoms with E-state index in [0.717, 1.165) is 36.5 Å². The number of hydrogen-bond donors (Lipinski definition) is 2. The van der Waals surface area contributed by atoms with Crippen LogP contribution in [0.25, 0.3) is 0 Å². The van der Waals surface area contributed by atoms with Crippen LogP contribution in [-0.4, -0.2) is 56.4 Å². The van der Waals surface area contributed by atoms with Gasteiger partial charge in [-0.25, -0.2) is 4.98 Å². The van der Waals surface area contributed by atoms with Crippen LogP contribution in [0.5, 0.6) is 23.0 Å². The van der Waals surface area contributed by atoms with Crippen LogP contribution >= 0.6 is 0 Å². The molecule has 2 heterocycles. The second-order valence-electron chi connectivity index (χ2n) is 9.59. The Morgan fingerprint density at radius 2 is 1.77 bits per heavy atom. The van der Waals surface area contributed by atoms with Gasteiger partial charge in [0.25, 0.3) is 0 Å². The summed E-state index contributed by atoms with van der Waals surface area (Å²) in [5.41, 5.74) is 1.73. The first-order chi connectivity index (χ1) is 18.9. The number of carbonyl (C=O) groups excluding carboxylic acids is 1. The van der Waals surface area contributed by atoms with Crippen molar-refractivity contribution in [3.63, 3.8) is 0 Å². The van der Waals surface area contributed by atoms with Gasteiger partial charge in [0, 0.05) is 43.7 Å². The molecular formula is C29H37N5O5. The molecule has 4 rings (SSSR count). The average molecular weight is 536 g/mol. The van der Waals surface area contributed by atoms with E-state index >= 15 is 0 Å². The quantitative estimate of drug-likeness (QED) is 0.365. The van der Waals surface area contributed by atoms with Crippen LogP contribution < -0.4 is 34.5 Å². The van der Waals surface area contributed by atoms with Crippen LogP contribution in [0.1, 0.15) is 32.3 Å². The molecule has 10 nitrogen and oxygen atoms in total. The van der Waals surface area contributed by atoms with Crippen LogP contribution in [0.15, 0.2) is 48.7 Å². The number of piperidine rings is 1. The lowest BCUT2D eigenvalue weighted by molar-refractivity contribution is -0.125. The Balaban J connectivity index is 1.38. The van der Waals surface area contributed by atoms with Crippen LogP contribution in [0.4, 0.5) is 17.5 Å². The number of carbonyl (C=O) groups is 1. The van der Waals surface area contributed by atoms with Gasteiger partial charge in [0.2, 0.25) is 17.6 Å². The Morgan fingerprint density at radius 3 is 2.41 bits per heavy atom. The Labute approximate surface area is 229 Å². The van der Waals surface area contributed by atoms with Crippen LogP contribution in [0.2, 0.25) is 0 Å². The molecule has 1 amide bonds. The zero-order valence-electron chi connectivity index (χ0n) is 23.2. The van der Waals surface area contributed by atoms with Gasteiger partial charge in [-0.1, -0.05) is 12.1 Å². The molecule has 0 saturated carbocycles. The second kappa shape index (κ2) is 13.0. The molecule has 0 bridgehead atoms. The summed E-state index contributed by atoms with van der Waals surface area (Å²) in [5.74, 6) is 3.51. The van der Waals surface area contributed by atoms with Crippen LogP contribution in [0.3, 0.4) is 0 Å². The minimum absolute atomic E-state index is 0.0482. The first kappa shape index (κ1) is 27.8. The van der Waals surface area contributed by atoms with Crippen molar-refractivity contribution in [2.24, 2.45) is 5.92 Å². The van der Waals surface area contributed by atoms with Crippen molar-refractivity contribution in [1.29, 1.82) is 0 Å². The average Bonchev–Trinajstić information content (AvgIpc) is 2.96.